The van der Waals surface area contributed by atoms with Gasteiger partial charge in [-0.05, 0) is 13.8 Å². The fraction of sp³-hybridized carbons (Fsp3) is 0.667. The van der Waals surface area contributed by atoms with E-state index in [1.807, 2.05) is 6.92 Å². The lowest BCUT2D eigenvalue weighted by Gasteiger charge is -2.18. The molecule has 2 amide bonds. The van der Waals surface area contributed by atoms with Gasteiger partial charge in [-0.25, -0.2) is 0 Å². The topological polar surface area (TPSA) is 73.2 Å². The second-order valence-electron chi connectivity index (χ2n) is 2.70. The van der Waals surface area contributed by atoms with Crippen molar-refractivity contribution in [1.29, 1.82) is 5.26 Å². The molecule has 14 heavy (non-hydrogen) atoms. The highest BCUT2D eigenvalue weighted by molar-refractivity contribution is 5.85. The van der Waals surface area contributed by atoms with Gasteiger partial charge >= 0.3 is 0 Å². The quantitative estimate of drug-likeness (QED) is 0.668. The minimum absolute atomic E-state index is 0.0326. The van der Waals surface area contributed by atoms with Crippen LogP contribution in [0.4, 0.5) is 0 Å². The first-order valence-electron chi connectivity index (χ1n) is 4.57. The van der Waals surface area contributed by atoms with Gasteiger partial charge in [0.05, 0.1) is 12.6 Å². The Morgan fingerprint density at radius 2 is 2.07 bits per heavy atom. The van der Waals surface area contributed by atoms with E-state index in [4.69, 9.17) is 5.26 Å². The molecular formula is C9H15N3O2. The van der Waals surface area contributed by atoms with Crippen LogP contribution in [0.5, 0.6) is 0 Å². The predicted octanol–water partition coefficient (Wildman–Crippen LogP) is -0.115. The van der Waals surface area contributed by atoms with Crippen LogP contribution < -0.4 is 5.32 Å². The zero-order valence-electron chi connectivity index (χ0n) is 8.54. The highest BCUT2D eigenvalue weighted by atomic mass is 16.2. The Bertz CT molecular complexity index is 245. The van der Waals surface area contributed by atoms with E-state index in [1.54, 1.807) is 13.0 Å². The van der Waals surface area contributed by atoms with Crippen LogP contribution in [0.2, 0.25) is 0 Å². The fourth-order valence-corrected chi connectivity index (χ4v) is 0.982. The molecule has 78 valence electrons. The van der Waals surface area contributed by atoms with Crippen molar-refractivity contribution in [3.8, 4) is 6.07 Å². The number of amides is 2. The number of hydrogen-bond acceptors (Lipinski definition) is 3. The number of carbonyl (C=O) groups is 2. The predicted molar refractivity (Wildman–Crippen MR) is 51.2 cm³/mol. The first-order valence-corrected chi connectivity index (χ1v) is 4.57. The SMILES string of the molecule is CCNC(=O)CN(CC)C(=O)CC#N. The maximum Gasteiger partial charge on any atom is 0.239 e. The van der Waals surface area contributed by atoms with Gasteiger partial charge in [-0.1, -0.05) is 0 Å². The van der Waals surface area contributed by atoms with Crippen LogP contribution in [0, 0.1) is 11.3 Å². The van der Waals surface area contributed by atoms with Crippen LogP contribution in [0.15, 0.2) is 0 Å². The van der Waals surface area contributed by atoms with Gasteiger partial charge in [0, 0.05) is 13.1 Å². The Morgan fingerprint density at radius 1 is 1.43 bits per heavy atom. The molecule has 0 aromatic rings. The van der Waals surface area contributed by atoms with E-state index in [0.717, 1.165) is 0 Å². The van der Waals surface area contributed by atoms with Gasteiger partial charge in [-0.3, -0.25) is 9.59 Å². The van der Waals surface area contributed by atoms with Crippen LogP contribution in [-0.4, -0.2) is 36.3 Å². The summed E-state index contributed by atoms with van der Waals surface area (Å²) in [5, 5.41) is 10.9. The highest BCUT2D eigenvalue weighted by Crippen LogP contribution is 1.92. The van der Waals surface area contributed by atoms with Crippen LogP contribution in [0.3, 0.4) is 0 Å². The molecule has 5 heteroatoms. The summed E-state index contributed by atoms with van der Waals surface area (Å²) in [6.45, 7) is 4.60. The molecule has 0 aliphatic carbocycles. The Hall–Kier alpha value is -1.57. The molecule has 0 saturated carbocycles. The minimum atomic E-state index is -0.304. The van der Waals surface area contributed by atoms with Crippen molar-refractivity contribution in [1.82, 2.24) is 10.2 Å². The lowest BCUT2D eigenvalue weighted by atomic mass is 10.3. The number of hydrogen-bond donors (Lipinski definition) is 1. The van der Waals surface area contributed by atoms with E-state index in [0.29, 0.717) is 13.1 Å². The Balaban J connectivity index is 4.09. The van der Waals surface area contributed by atoms with Crippen molar-refractivity contribution in [3.63, 3.8) is 0 Å². The van der Waals surface area contributed by atoms with Gasteiger partial charge in [0.1, 0.15) is 6.42 Å². The lowest BCUT2D eigenvalue weighted by Crippen LogP contribution is -2.40. The van der Waals surface area contributed by atoms with Crippen molar-refractivity contribution >= 4 is 11.8 Å². The van der Waals surface area contributed by atoms with E-state index in [1.165, 1.54) is 4.90 Å². The van der Waals surface area contributed by atoms with Crippen LogP contribution >= 0.6 is 0 Å². The monoisotopic (exact) mass is 197 g/mol. The summed E-state index contributed by atoms with van der Waals surface area (Å²) in [5.74, 6) is -0.498. The summed E-state index contributed by atoms with van der Waals surface area (Å²) in [6, 6.07) is 1.76. The third kappa shape index (κ3) is 4.45. The van der Waals surface area contributed by atoms with Crippen molar-refractivity contribution in [3.05, 3.63) is 0 Å². The zero-order chi connectivity index (χ0) is 11.0. The van der Waals surface area contributed by atoms with E-state index >= 15 is 0 Å². The number of nitrogens with one attached hydrogen (secondary N) is 1. The molecular weight excluding hydrogens is 182 g/mol. The standard InChI is InChI=1S/C9H15N3O2/c1-3-11-8(13)7-12(4-2)9(14)5-6-10/h3-5,7H2,1-2H3,(H,11,13). The number of carbonyl (C=O) groups excluding carboxylic acids is 2. The summed E-state index contributed by atoms with van der Waals surface area (Å²) >= 11 is 0. The number of likely N-dealkylation sites (N-methyl/N-ethyl adjacent to an activating group) is 2. The molecule has 1 N–H and O–H groups in total. The molecule has 0 fully saturated rings. The number of nitrogens with zero attached hydrogens (tertiary/aromatic N) is 2. The smallest absolute Gasteiger partial charge is 0.239 e. The molecule has 0 spiro atoms. The average molecular weight is 197 g/mol. The second kappa shape index (κ2) is 6.89. The molecule has 0 aromatic carbocycles. The van der Waals surface area contributed by atoms with Gasteiger partial charge < -0.3 is 10.2 Å². The van der Waals surface area contributed by atoms with Gasteiger partial charge in [-0.15, -0.1) is 0 Å². The lowest BCUT2D eigenvalue weighted by molar-refractivity contribution is -0.135. The molecule has 0 rings (SSSR count). The molecule has 0 radical (unpaired) electrons. The van der Waals surface area contributed by atoms with E-state index in [9.17, 15) is 9.59 Å². The fourth-order valence-electron chi connectivity index (χ4n) is 0.982. The van der Waals surface area contributed by atoms with Crippen LogP contribution in [-0.2, 0) is 9.59 Å². The van der Waals surface area contributed by atoms with Crippen LogP contribution in [0.1, 0.15) is 20.3 Å². The molecule has 0 aliphatic heterocycles. The number of rotatable bonds is 5. The largest absolute Gasteiger partial charge is 0.355 e. The average Bonchev–Trinajstić information content (AvgIpc) is 2.15. The van der Waals surface area contributed by atoms with Crippen molar-refractivity contribution in [2.75, 3.05) is 19.6 Å². The van der Waals surface area contributed by atoms with Crippen molar-refractivity contribution < 1.29 is 9.59 Å². The summed E-state index contributed by atoms with van der Waals surface area (Å²) in [7, 11) is 0. The Labute approximate surface area is 83.7 Å². The van der Waals surface area contributed by atoms with Gasteiger partial charge in [-0.2, -0.15) is 5.26 Å². The van der Waals surface area contributed by atoms with Gasteiger partial charge in [0.25, 0.3) is 0 Å². The molecule has 0 atom stereocenters. The molecule has 0 unspecified atom stereocenters. The molecule has 0 aliphatic rings. The van der Waals surface area contributed by atoms with E-state index < -0.39 is 0 Å². The number of nitriles is 1. The minimum Gasteiger partial charge on any atom is -0.355 e. The normalized spacial score (nSPS) is 8.93. The molecule has 0 saturated heterocycles. The summed E-state index contributed by atoms with van der Waals surface area (Å²) in [4.78, 5) is 23.7. The van der Waals surface area contributed by atoms with Gasteiger partial charge in [0.15, 0.2) is 0 Å². The molecule has 5 nitrogen and oxygen atoms in total. The first kappa shape index (κ1) is 12.4. The summed E-state index contributed by atoms with van der Waals surface area (Å²) < 4.78 is 0. The first-order chi connectivity index (χ1) is 6.65. The molecule has 0 heterocycles. The summed E-state index contributed by atoms with van der Waals surface area (Å²) in [6.07, 6.45) is -0.173. The second-order valence-corrected chi connectivity index (χ2v) is 2.70. The van der Waals surface area contributed by atoms with Crippen molar-refractivity contribution in [2.45, 2.75) is 20.3 Å². The maximum absolute atomic E-state index is 11.2. The van der Waals surface area contributed by atoms with Gasteiger partial charge in [0.2, 0.25) is 11.8 Å². The Kier molecular flexibility index (Phi) is 6.12. The third-order valence-corrected chi connectivity index (χ3v) is 1.67. The Morgan fingerprint density at radius 3 is 2.50 bits per heavy atom. The van der Waals surface area contributed by atoms with Crippen LogP contribution in [0.25, 0.3) is 0 Å². The van der Waals surface area contributed by atoms with Crippen molar-refractivity contribution in [2.24, 2.45) is 0 Å². The van der Waals surface area contributed by atoms with E-state index in [2.05, 4.69) is 5.32 Å². The molecule has 0 bridgehead atoms. The highest BCUT2D eigenvalue weighted by Gasteiger charge is 2.13. The van der Waals surface area contributed by atoms with E-state index in [-0.39, 0.29) is 24.8 Å². The third-order valence-electron chi connectivity index (χ3n) is 1.67. The molecule has 0 aromatic heterocycles. The zero-order valence-corrected chi connectivity index (χ0v) is 8.54. The summed E-state index contributed by atoms with van der Waals surface area (Å²) in [5.41, 5.74) is 0. The maximum atomic E-state index is 11.2.